The van der Waals surface area contributed by atoms with Gasteiger partial charge >= 0.3 is 0 Å². The van der Waals surface area contributed by atoms with E-state index in [9.17, 15) is 0 Å². The molecule has 0 saturated heterocycles. The average molecular weight is 451 g/mol. The van der Waals surface area contributed by atoms with Gasteiger partial charge in [0.1, 0.15) is 11.2 Å². The molecule has 158 valence electrons. The largest absolute Gasteiger partial charge is 0.456 e. The molecule has 8 aromatic rings. The number of para-hydroxylation sites is 1. The number of benzene rings is 6. The van der Waals surface area contributed by atoms with Crippen molar-refractivity contribution in [3.63, 3.8) is 0 Å². The SMILES string of the molecule is c1ccc2c(-c3cc4c5ccccc5sc4c4ccccc34)c3c(cc2c1)oc1ccccc13. The molecule has 0 N–H and O–H groups in total. The van der Waals surface area contributed by atoms with Crippen molar-refractivity contribution in [2.45, 2.75) is 0 Å². The van der Waals surface area contributed by atoms with Crippen LogP contribution in [0.4, 0.5) is 0 Å². The van der Waals surface area contributed by atoms with Gasteiger partial charge in [-0.25, -0.2) is 0 Å². The second kappa shape index (κ2) is 6.69. The number of fused-ring (bicyclic) bond motifs is 9. The first kappa shape index (κ1) is 18.3. The van der Waals surface area contributed by atoms with Crippen LogP contribution in [0, 0.1) is 0 Å². The lowest BCUT2D eigenvalue weighted by atomic mass is 9.89. The van der Waals surface area contributed by atoms with Crippen LogP contribution in [-0.4, -0.2) is 0 Å². The van der Waals surface area contributed by atoms with Crippen molar-refractivity contribution < 1.29 is 4.42 Å². The molecule has 2 aromatic heterocycles. The summed E-state index contributed by atoms with van der Waals surface area (Å²) in [5.74, 6) is 0. The van der Waals surface area contributed by atoms with E-state index in [1.165, 1.54) is 58.2 Å². The van der Waals surface area contributed by atoms with E-state index in [-0.39, 0.29) is 0 Å². The standard InChI is InChI=1S/C32H18OS/c1-2-10-20-19(9-1)17-28-31(24-14-5-7-15-27(24)33-28)30(20)25-18-26-22-12-6-8-16-29(22)34-32(26)23-13-4-3-11-21(23)25/h1-18H. The molecule has 34 heavy (non-hydrogen) atoms. The summed E-state index contributed by atoms with van der Waals surface area (Å²) < 4.78 is 9.07. The Morgan fingerprint density at radius 1 is 0.500 bits per heavy atom. The van der Waals surface area contributed by atoms with Gasteiger partial charge in [0, 0.05) is 41.9 Å². The predicted octanol–water partition coefficient (Wildman–Crippen LogP) is 9.93. The summed E-state index contributed by atoms with van der Waals surface area (Å²) in [4.78, 5) is 0. The fourth-order valence-electron chi connectivity index (χ4n) is 5.58. The molecular formula is C32H18OS. The van der Waals surface area contributed by atoms with Crippen molar-refractivity contribution in [1.82, 2.24) is 0 Å². The van der Waals surface area contributed by atoms with Gasteiger partial charge in [0.15, 0.2) is 0 Å². The predicted molar refractivity (Wildman–Crippen MR) is 147 cm³/mol. The Morgan fingerprint density at radius 2 is 1.18 bits per heavy atom. The van der Waals surface area contributed by atoms with Crippen LogP contribution in [0.25, 0.3) is 74.8 Å². The summed E-state index contributed by atoms with van der Waals surface area (Å²) in [7, 11) is 0. The Kier molecular flexibility index (Phi) is 3.60. The second-order valence-corrected chi connectivity index (χ2v) is 9.94. The lowest BCUT2D eigenvalue weighted by Gasteiger charge is -2.13. The molecule has 0 amide bonds. The lowest BCUT2D eigenvalue weighted by Crippen LogP contribution is -1.87. The molecule has 0 radical (unpaired) electrons. The molecule has 0 aliphatic heterocycles. The minimum absolute atomic E-state index is 0.931. The number of furan rings is 1. The molecule has 0 atom stereocenters. The minimum atomic E-state index is 0.931. The maximum absolute atomic E-state index is 6.38. The van der Waals surface area contributed by atoms with Crippen molar-refractivity contribution in [2.75, 3.05) is 0 Å². The van der Waals surface area contributed by atoms with Crippen molar-refractivity contribution in [3.8, 4) is 11.1 Å². The highest BCUT2D eigenvalue weighted by Crippen LogP contribution is 2.47. The summed E-state index contributed by atoms with van der Waals surface area (Å²) in [5.41, 5.74) is 4.39. The molecule has 0 aliphatic rings. The molecule has 0 spiro atoms. The van der Waals surface area contributed by atoms with Crippen LogP contribution >= 0.6 is 11.3 Å². The van der Waals surface area contributed by atoms with Crippen LogP contribution in [0.1, 0.15) is 0 Å². The van der Waals surface area contributed by atoms with Crippen LogP contribution in [0.5, 0.6) is 0 Å². The Hall–Kier alpha value is -4.14. The number of hydrogen-bond donors (Lipinski definition) is 0. The first-order valence-electron chi connectivity index (χ1n) is 11.5. The maximum atomic E-state index is 6.38. The van der Waals surface area contributed by atoms with Gasteiger partial charge < -0.3 is 4.42 Å². The van der Waals surface area contributed by atoms with Crippen LogP contribution in [0.15, 0.2) is 114 Å². The van der Waals surface area contributed by atoms with Gasteiger partial charge in [0.25, 0.3) is 0 Å². The van der Waals surface area contributed by atoms with Crippen LogP contribution in [0.3, 0.4) is 0 Å². The quantitative estimate of drug-likeness (QED) is 0.242. The molecular weight excluding hydrogens is 432 g/mol. The Labute approximate surface area is 199 Å². The van der Waals surface area contributed by atoms with E-state index in [4.69, 9.17) is 4.42 Å². The molecule has 0 aliphatic carbocycles. The third kappa shape index (κ3) is 2.38. The number of thiophene rings is 1. The maximum Gasteiger partial charge on any atom is 0.136 e. The smallest absolute Gasteiger partial charge is 0.136 e. The van der Waals surface area contributed by atoms with Crippen LogP contribution in [0.2, 0.25) is 0 Å². The van der Waals surface area contributed by atoms with Crippen molar-refractivity contribution in [1.29, 1.82) is 0 Å². The zero-order valence-electron chi connectivity index (χ0n) is 18.2. The first-order chi connectivity index (χ1) is 16.9. The normalized spacial score (nSPS) is 12.1. The van der Waals surface area contributed by atoms with Gasteiger partial charge in [-0.05, 0) is 46.0 Å². The van der Waals surface area contributed by atoms with Gasteiger partial charge in [-0.3, -0.25) is 0 Å². The molecule has 0 fully saturated rings. The fourth-order valence-corrected chi connectivity index (χ4v) is 6.81. The lowest BCUT2D eigenvalue weighted by molar-refractivity contribution is 0.669. The van der Waals surface area contributed by atoms with E-state index in [0.29, 0.717) is 0 Å². The number of hydrogen-bond acceptors (Lipinski definition) is 2. The van der Waals surface area contributed by atoms with Gasteiger partial charge in [-0.1, -0.05) is 84.9 Å². The fraction of sp³-hybridized carbons (Fsp3) is 0. The van der Waals surface area contributed by atoms with Crippen molar-refractivity contribution >= 4 is 75.0 Å². The molecule has 0 saturated carbocycles. The highest BCUT2D eigenvalue weighted by atomic mass is 32.1. The molecule has 1 nitrogen and oxygen atoms in total. The summed E-state index contributed by atoms with van der Waals surface area (Å²) in [6.45, 7) is 0. The molecule has 0 bridgehead atoms. The van der Waals surface area contributed by atoms with Crippen molar-refractivity contribution in [2.24, 2.45) is 0 Å². The molecule has 0 unspecified atom stereocenters. The van der Waals surface area contributed by atoms with Crippen molar-refractivity contribution in [3.05, 3.63) is 109 Å². The van der Waals surface area contributed by atoms with Gasteiger partial charge in [0.2, 0.25) is 0 Å². The highest BCUT2D eigenvalue weighted by Gasteiger charge is 2.20. The van der Waals surface area contributed by atoms with E-state index >= 15 is 0 Å². The highest BCUT2D eigenvalue weighted by molar-refractivity contribution is 7.26. The summed E-state index contributed by atoms with van der Waals surface area (Å²) in [5, 5.41) is 10.0. The Morgan fingerprint density at radius 3 is 2.06 bits per heavy atom. The summed E-state index contributed by atoms with van der Waals surface area (Å²) in [6, 6.07) is 39.3. The topological polar surface area (TPSA) is 13.1 Å². The van der Waals surface area contributed by atoms with Crippen LogP contribution in [-0.2, 0) is 0 Å². The third-order valence-electron chi connectivity index (χ3n) is 7.04. The Bertz CT molecular complexity index is 2070. The number of rotatable bonds is 1. The summed E-state index contributed by atoms with van der Waals surface area (Å²) in [6.07, 6.45) is 0. The van der Waals surface area contributed by atoms with E-state index in [2.05, 4.69) is 103 Å². The zero-order chi connectivity index (χ0) is 22.2. The van der Waals surface area contributed by atoms with Gasteiger partial charge in [-0.2, -0.15) is 0 Å². The van der Waals surface area contributed by atoms with Gasteiger partial charge in [-0.15, -0.1) is 11.3 Å². The molecule has 6 aromatic carbocycles. The molecule has 8 rings (SSSR count). The van der Waals surface area contributed by atoms with E-state index in [1.54, 1.807) is 0 Å². The summed E-state index contributed by atoms with van der Waals surface area (Å²) >= 11 is 1.89. The van der Waals surface area contributed by atoms with Gasteiger partial charge in [0.05, 0.1) is 0 Å². The van der Waals surface area contributed by atoms with E-state index < -0.39 is 0 Å². The first-order valence-corrected chi connectivity index (χ1v) is 12.3. The van der Waals surface area contributed by atoms with Crippen LogP contribution < -0.4 is 0 Å². The Balaban J connectivity index is 1.67. The average Bonchev–Trinajstić information content (AvgIpc) is 3.45. The zero-order valence-corrected chi connectivity index (χ0v) is 19.0. The minimum Gasteiger partial charge on any atom is -0.456 e. The molecule has 2 heteroatoms. The third-order valence-corrected chi connectivity index (χ3v) is 8.26. The van der Waals surface area contributed by atoms with E-state index in [0.717, 1.165) is 16.6 Å². The molecule has 2 heterocycles. The second-order valence-electron chi connectivity index (χ2n) is 8.89. The van der Waals surface area contributed by atoms with E-state index in [1.807, 2.05) is 17.4 Å². The monoisotopic (exact) mass is 450 g/mol.